The number of carbonyl (C=O) groups is 2. The average molecular weight is 258 g/mol. The summed E-state index contributed by atoms with van der Waals surface area (Å²) in [5, 5.41) is 12.0. The lowest BCUT2D eigenvalue weighted by Gasteiger charge is -2.35. The van der Waals surface area contributed by atoms with Crippen LogP contribution in [-0.4, -0.2) is 59.8 Å². The number of carboxylic acids is 1. The van der Waals surface area contributed by atoms with Crippen LogP contribution >= 0.6 is 0 Å². The van der Waals surface area contributed by atoms with Gasteiger partial charge >= 0.3 is 5.97 Å². The van der Waals surface area contributed by atoms with E-state index in [-0.39, 0.29) is 25.0 Å². The second-order valence-corrected chi connectivity index (χ2v) is 5.45. The number of aliphatic carboxylic acids is 1. The van der Waals surface area contributed by atoms with Crippen molar-refractivity contribution >= 4 is 11.9 Å². The number of carbonyl (C=O) groups excluding carboxylic acids is 1. The average Bonchev–Trinajstić information content (AvgIpc) is 2.25. The van der Waals surface area contributed by atoms with E-state index in [1.165, 1.54) is 4.90 Å². The molecule has 1 heterocycles. The van der Waals surface area contributed by atoms with Crippen molar-refractivity contribution in [2.24, 2.45) is 0 Å². The summed E-state index contributed by atoms with van der Waals surface area (Å²) < 4.78 is 5.46. The zero-order chi connectivity index (χ0) is 13.8. The van der Waals surface area contributed by atoms with Crippen LogP contribution in [0.2, 0.25) is 0 Å². The molecule has 104 valence electrons. The first-order chi connectivity index (χ1) is 8.30. The number of carboxylic acid groups (broad SMARTS) is 1. The first-order valence-corrected chi connectivity index (χ1v) is 6.15. The highest BCUT2D eigenvalue weighted by Crippen LogP contribution is 2.16. The number of amides is 1. The summed E-state index contributed by atoms with van der Waals surface area (Å²) in [6.45, 7) is 7.23. The molecule has 6 nitrogen and oxygen atoms in total. The zero-order valence-electron chi connectivity index (χ0n) is 11.2. The topological polar surface area (TPSA) is 78.9 Å². The monoisotopic (exact) mass is 258 g/mol. The Bertz CT molecular complexity index is 306. The van der Waals surface area contributed by atoms with Crippen LogP contribution in [0.15, 0.2) is 0 Å². The summed E-state index contributed by atoms with van der Waals surface area (Å²) in [7, 11) is 0. The standard InChI is InChI=1S/C12H22N2O4/c1-12(2,3)14(8-11(16)17)10(15)6-9-7-13-4-5-18-9/h9,13H,4-8H2,1-3H3,(H,16,17). The normalized spacial score (nSPS) is 20.5. The van der Waals surface area contributed by atoms with Crippen LogP contribution in [-0.2, 0) is 14.3 Å². The van der Waals surface area contributed by atoms with Crippen LogP contribution in [0.3, 0.4) is 0 Å². The van der Waals surface area contributed by atoms with Crippen LogP contribution in [0, 0.1) is 0 Å². The van der Waals surface area contributed by atoms with Crippen molar-refractivity contribution in [2.45, 2.75) is 38.8 Å². The highest BCUT2D eigenvalue weighted by Gasteiger charge is 2.30. The first-order valence-electron chi connectivity index (χ1n) is 6.15. The lowest BCUT2D eigenvalue weighted by molar-refractivity contribution is -0.150. The van der Waals surface area contributed by atoms with E-state index in [1.807, 2.05) is 20.8 Å². The minimum Gasteiger partial charge on any atom is -0.480 e. The van der Waals surface area contributed by atoms with E-state index >= 15 is 0 Å². The summed E-state index contributed by atoms with van der Waals surface area (Å²) >= 11 is 0. The van der Waals surface area contributed by atoms with Gasteiger partial charge in [-0.15, -0.1) is 0 Å². The van der Waals surface area contributed by atoms with E-state index < -0.39 is 11.5 Å². The molecular formula is C12H22N2O4. The molecule has 0 radical (unpaired) electrons. The molecule has 18 heavy (non-hydrogen) atoms. The molecule has 1 aliphatic rings. The maximum atomic E-state index is 12.1. The quantitative estimate of drug-likeness (QED) is 0.746. The molecule has 1 fully saturated rings. The fourth-order valence-corrected chi connectivity index (χ4v) is 1.89. The van der Waals surface area contributed by atoms with E-state index in [0.717, 1.165) is 6.54 Å². The maximum Gasteiger partial charge on any atom is 0.323 e. The summed E-state index contributed by atoms with van der Waals surface area (Å²) in [5.74, 6) is -1.18. The fraction of sp³-hybridized carbons (Fsp3) is 0.833. The zero-order valence-corrected chi connectivity index (χ0v) is 11.2. The highest BCUT2D eigenvalue weighted by molar-refractivity contribution is 5.82. The van der Waals surface area contributed by atoms with Crippen LogP contribution in [0.1, 0.15) is 27.2 Å². The molecule has 0 aromatic carbocycles. The molecule has 0 bridgehead atoms. The van der Waals surface area contributed by atoms with Gasteiger partial charge < -0.3 is 20.1 Å². The van der Waals surface area contributed by atoms with Crippen molar-refractivity contribution in [2.75, 3.05) is 26.2 Å². The van der Waals surface area contributed by atoms with Gasteiger partial charge in [0.25, 0.3) is 0 Å². The van der Waals surface area contributed by atoms with Gasteiger partial charge in [0, 0.05) is 18.6 Å². The van der Waals surface area contributed by atoms with Crippen LogP contribution in [0.25, 0.3) is 0 Å². The van der Waals surface area contributed by atoms with Gasteiger partial charge in [0.05, 0.1) is 19.1 Å². The Morgan fingerprint density at radius 2 is 2.11 bits per heavy atom. The maximum absolute atomic E-state index is 12.1. The number of hydrogen-bond donors (Lipinski definition) is 2. The van der Waals surface area contributed by atoms with E-state index in [1.54, 1.807) is 0 Å². The third kappa shape index (κ3) is 4.62. The van der Waals surface area contributed by atoms with E-state index in [4.69, 9.17) is 9.84 Å². The second kappa shape index (κ2) is 6.15. The minimum absolute atomic E-state index is 0.162. The Kier molecular flexibility index (Phi) is 5.10. The SMILES string of the molecule is CC(C)(C)N(CC(=O)O)C(=O)CC1CNCCO1. The molecule has 0 spiro atoms. The van der Waals surface area contributed by atoms with Gasteiger partial charge in [0.2, 0.25) is 5.91 Å². The Labute approximate surface area is 107 Å². The van der Waals surface area contributed by atoms with Crippen molar-refractivity contribution in [1.82, 2.24) is 10.2 Å². The van der Waals surface area contributed by atoms with Gasteiger partial charge in [0.1, 0.15) is 6.54 Å². The number of nitrogens with zero attached hydrogens (tertiary/aromatic N) is 1. The number of ether oxygens (including phenoxy) is 1. The molecule has 1 unspecified atom stereocenters. The molecule has 0 saturated carbocycles. The van der Waals surface area contributed by atoms with Crippen molar-refractivity contribution in [3.8, 4) is 0 Å². The smallest absolute Gasteiger partial charge is 0.323 e. The van der Waals surface area contributed by atoms with Gasteiger partial charge in [-0.3, -0.25) is 9.59 Å². The molecule has 1 saturated heterocycles. The molecule has 0 aromatic heterocycles. The summed E-state index contributed by atoms with van der Waals surface area (Å²) in [4.78, 5) is 24.3. The summed E-state index contributed by atoms with van der Waals surface area (Å²) in [6, 6.07) is 0. The fourth-order valence-electron chi connectivity index (χ4n) is 1.89. The molecule has 1 rings (SSSR count). The van der Waals surface area contributed by atoms with Crippen LogP contribution in [0.5, 0.6) is 0 Å². The van der Waals surface area contributed by atoms with Crippen molar-refractivity contribution < 1.29 is 19.4 Å². The molecule has 1 atom stereocenters. The van der Waals surface area contributed by atoms with Gasteiger partial charge in [-0.1, -0.05) is 0 Å². The number of rotatable bonds is 4. The third-order valence-corrected chi connectivity index (χ3v) is 2.81. The van der Waals surface area contributed by atoms with Gasteiger partial charge in [-0.05, 0) is 20.8 Å². The largest absolute Gasteiger partial charge is 0.480 e. The predicted molar refractivity (Wildman–Crippen MR) is 66.3 cm³/mol. The molecular weight excluding hydrogens is 236 g/mol. The molecule has 0 aromatic rings. The minimum atomic E-state index is -0.999. The van der Waals surface area contributed by atoms with Crippen LogP contribution in [0.4, 0.5) is 0 Å². The van der Waals surface area contributed by atoms with Crippen molar-refractivity contribution in [1.29, 1.82) is 0 Å². The summed E-state index contributed by atoms with van der Waals surface area (Å²) in [5.41, 5.74) is -0.502. The lowest BCUT2D eigenvalue weighted by Crippen LogP contribution is -2.50. The van der Waals surface area contributed by atoms with E-state index in [2.05, 4.69) is 5.32 Å². The third-order valence-electron chi connectivity index (χ3n) is 2.81. The Morgan fingerprint density at radius 1 is 1.44 bits per heavy atom. The van der Waals surface area contributed by atoms with Gasteiger partial charge in [-0.2, -0.15) is 0 Å². The van der Waals surface area contributed by atoms with Gasteiger partial charge in [-0.25, -0.2) is 0 Å². The lowest BCUT2D eigenvalue weighted by atomic mass is 10.0. The number of hydrogen-bond acceptors (Lipinski definition) is 4. The van der Waals surface area contributed by atoms with E-state index in [9.17, 15) is 9.59 Å². The Morgan fingerprint density at radius 3 is 2.56 bits per heavy atom. The summed E-state index contributed by atoms with van der Waals surface area (Å²) in [6.07, 6.45) is 0.0577. The molecule has 6 heteroatoms. The first kappa shape index (κ1) is 14.9. The second-order valence-electron chi connectivity index (χ2n) is 5.45. The predicted octanol–water partition coefficient (Wildman–Crippen LogP) is 0.0766. The molecule has 1 amide bonds. The number of nitrogens with one attached hydrogen (secondary N) is 1. The molecule has 1 aliphatic heterocycles. The van der Waals surface area contributed by atoms with Gasteiger partial charge in [0.15, 0.2) is 0 Å². The van der Waals surface area contributed by atoms with Crippen LogP contribution < -0.4 is 5.32 Å². The van der Waals surface area contributed by atoms with E-state index in [0.29, 0.717) is 13.2 Å². The van der Waals surface area contributed by atoms with Crippen molar-refractivity contribution in [3.05, 3.63) is 0 Å². The Balaban J connectivity index is 2.61. The van der Waals surface area contributed by atoms with Crippen molar-refractivity contribution in [3.63, 3.8) is 0 Å². The number of morpholine rings is 1. The molecule has 0 aliphatic carbocycles. The Hall–Kier alpha value is -1.14. The molecule has 2 N–H and O–H groups in total. The highest BCUT2D eigenvalue weighted by atomic mass is 16.5.